The number of likely N-dealkylation sites (N-methyl/N-ethyl adjacent to an activating group) is 1. The van der Waals surface area contributed by atoms with Gasteiger partial charge in [0, 0.05) is 26.7 Å². The summed E-state index contributed by atoms with van der Waals surface area (Å²) in [6.45, 7) is 7.72. The summed E-state index contributed by atoms with van der Waals surface area (Å²) in [5, 5.41) is 5.63. The van der Waals surface area contributed by atoms with Crippen molar-refractivity contribution >= 4 is 5.96 Å². The molecule has 28 heavy (non-hydrogen) atoms. The van der Waals surface area contributed by atoms with Crippen LogP contribution in [0, 0.1) is 0 Å². The van der Waals surface area contributed by atoms with Gasteiger partial charge in [-0.3, -0.25) is 4.99 Å². The summed E-state index contributed by atoms with van der Waals surface area (Å²) >= 11 is 0. The Labute approximate surface area is 165 Å². The maximum absolute atomic E-state index is 12.2. The number of halogens is 3. The molecular weight excluding hydrogens is 373 g/mol. The van der Waals surface area contributed by atoms with Crippen molar-refractivity contribution in [3.8, 4) is 11.5 Å². The summed E-state index contributed by atoms with van der Waals surface area (Å²) in [6.07, 6.45) is -5.11. The van der Waals surface area contributed by atoms with Crippen LogP contribution in [-0.2, 0) is 6.54 Å². The van der Waals surface area contributed by atoms with Crippen molar-refractivity contribution in [1.82, 2.24) is 15.5 Å². The SMILES string of the molecule is CCN(CC)CCOc1ccc(CNC(=NC)NCCC(F)(F)F)cc1OC. The van der Waals surface area contributed by atoms with Gasteiger partial charge in [0.05, 0.1) is 13.5 Å². The average Bonchev–Trinajstić information content (AvgIpc) is 2.67. The molecule has 0 aliphatic carbocycles. The minimum absolute atomic E-state index is 0.230. The molecule has 160 valence electrons. The van der Waals surface area contributed by atoms with Crippen LogP contribution in [0.1, 0.15) is 25.8 Å². The van der Waals surface area contributed by atoms with Gasteiger partial charge in [-0.25, -0.2) is 0 Å². The van der Waals surface area contributed by atoms with Crippen molar-refractivity contribution in [1.29, 1.82) is 0 Å². The standard InChI is InChI=1S/C19H31F3N4O2/c1-5-26(6-2)11-12-28-16-8-7-15(13-17(16)27-4)14-25-18(23-3)24-10-9-19(20,21)22/h7-8,13H,5-6,9-12,14H2,1-4H3,(H2,23,24,25). The van der Waals surface area contributed by atoms with Gasteiger partial charge in [0.1, 0.15) is 6.61 Å². The number of alkyl halides is 3. The van der Waals surface area contributed by atoms with E-state index in [1.807, 2.05) is 18.2 Å². The second-order valence-corrected chi connectivity index (χ2v) is 6.08. The maximum Gasteiger partial charge on any atom is 0.390 e. The van der Waals surface area contributed by atoms with Crippen LogP contribution in [0.2, 0.25) is 0 Å². The average molecular weight is 404 g/mol. The number of hydrogen-bond acceptors (Lipinski definition) is 4. The van der Waals surface area contributed by atoms with Crippen LogP contribution >= 0.6 is 0 Å². The number of ether oxygens (including phenoxy) is 2. The second-order valence-electron chi connectivity index (χ2n) is 6.08. The molecule has 0 heterocycles. The van der Waals surface area contributed by atoms with Crippen LogP contribution in [0.25, 0.3) is 0 Å². The second kappa shape index (κ2) is 12.3. The molecular formula is C19H31F3N4O2. The molecule has 0 aliphatic rings. The van der Waals surface area contributed by atoms with E-state index in [0.29, 0.717) is 30.6 Å². The minimum atomic E-state index is -4.19. The van der Waals surface area contributed by atoms with Gasteiger partial charge in [0.15, 0.2) is 17.5 Å². The van der Waals surface area contributed by atoms with Crippen LogP contribution in [0.3, 0.4) is 0 Å². The normalized spacial score (nSPS) is 12.2. The molecule has 1 aromatic rings. The predicted molar refractivity (Wildman–Crippen MR) is 105 cm³/mol. The Balaban J connectivity index is 2.55. The quantitative estimate of drug-likeness (QED) is 0.439. The van der Waals surface area contributed by atoms with Gasteiger partial charge in [0.25, 0.3) is 0 Å². The third-order valence-corrected chi connectivity index (χ3v) is 4.17. The molecule has 0 radical (unpaired) electrons. The first kappa shape index (κ1) is 23.9. The summed E-state index contributed by atoms with van der Waals surface area (Å²) in [7, 11) is 3.08. The van der Waals surface area contributed by atoms with E-state index in [1.54, 1.807) is 7.11 Å². The van der Waals surface area contributed by atoms with Crippen molar-refractivity contribution in [2.24, 2.45) is 4.99 Å². The van der Waals surface area contributed by atoms with Crippen molar-refractivity contribution in [3.05, 3.63) is 23.8 Å². The van der Waals surface area contributed by atoms with E-state index in [0.717, 1.165) is 25.2 Å². The third-order valence-electron chi connectivity index (χ3n) is 4.17. The molecule has 0 unspecified atom stereocenters. The molecule has 0 atom stereocenters. The number of guanidine groups is 1. The Kier molecular flexibility index (Phi) is 10.5. The Morgan fingerprint density at radius 3 is 2.43 bits per heavy atom. The molecule has 0 spiro atoms. The number of nitrogens with zero attached hydrogens (tertiary/aromatic N) is 2. The highest BCUT2D eigenvalue weighted by atomic mass is 19.4. The fourth-order valence-electron chi connectivity index (χ4n) is 2.49. The van der Waals surface area contributed by atoms with E-state index < -0.39 is 12.6 Å². The summed E-state index contributed by atoms with van der Waals surface area (Å²) in [5.74, 6) is 1.58. The van der Waals surface area contributed by atoms with E-state index >= 15 is 0 Å². The third kappa shape index (κ3) is 9.16. The predicted octanol–water partition coefficient (Wildman–Crippen LogP) is 3.03. The van der Waals surface area contributed by atoms with Gasteiger partial charge >= 0.3 is 6.18 Å². The zero-order valence-corrected chi connectivity index (χ0v) is 17.0. The van der Waals surface area contributed by atoms with Gasteiger partial charge < -0.3 is 25.0 Å². The molecule has 0 amide bonds. The molecule has 0 aromatic heterocycles. The lowest BCUT2D eigenvalue weighted by molar-refractivity contribution is -0.132. The molecule has 1 aromatic carbocycles. The molecule has 0 bridgehead atoms. The van der Waals surface area contributed by atoms with Crippen molar-refractivity contribution in [2.45, 2.75) is 33.0 Å². The van der Waals surface area contributed by atoms with Crippen LogP contribution in [0.4, 0.5) is 13.2 Å². The highest BCUT2D eigenvalue weighted by Crippen LogP contribution is 2.28. The number of nitrogens with one attached hydrogen (secondary N) is 2. The number of aliphatic imine (C=N–C) groups is 1. The van der Waals surface area contributed by atoms with Crippen molar-refractivity contribution < 1.29 is 22.6 Å². The smallest absolute Gasteiger partial charge is 0.390 e. The van der Waals surface area contributed by atoms with Crippen molar-refractivity contribution in [3.63, 3.8) is 0 Å². The molecule has 1 rings (SSSR count). The summed E-state index contributed by atoms with van der Waals surface area (Å²) in [6, 6.07) is 5.55. The van der Waals surface area contributed by atoms with E-state index in [4.69, 9.17) is 9.47 Å². The number of methoxy groups -OCH3 is 1. The van der Waals surface area contributed by atoms with Gasteiger partial charge in [-0.2, -0.15) is 13.2 Å². The first-order chi connectivity index (χ1) is 13.3. The largest absolute Gasteiger partial charge is 0.493 e. The van der Waals surface area contributed by atoms with Gasteiger partial charge in [0.2, 0.25) is 0 Å². The Morgan fingerprint density at radius 2 is 1.86 bits per heavy atom. The highest BCUT2D eigenvalue weighted by Gasteiger charge is 2.26. The number of rotatable bonds is 11. The summed E-state index contributed by atoms with van der Waals surface area (Å²) in [4.78, 5) is 6.19. The van der Waals surface area contributed by atoms with Gasteiger partial charge in [-0.15, -0.1) is 0 Å². The molecule has 0 saturated heterocycles. The number of hydrogen-bond donors (Lipinski definition) is 2. The Hall–Kier alpha value is -2.16. The van der Waals surface area contributed by atoms with Crippen LogP contribution < -0.4 is 20.1 Å². The molecule has 2 N–H and O–H groups in total. The van der Waals surface area contributed by atoms with Crippen molar-refractivity contribution in [2.75, 3.05) is 46.9 Å². The van der Waals surface area contributed by atoms with E-state index in [-0.39, 0.29) is 6.54 Å². The van der Waals surface area contributed by atoms with E-state index in [2.05, 4.69) is 34.4 Å². The first-order valence-corrected chi connectivity index (χ1v) is 9.36. The zero-order chi connectivity index (χ0) is 21.0. The molecule has 0 aliphatic heterocycles. The summed E-state index contributed by atoms with van der Waals surface area (Å²) < 4.78 is 47.9. The molecule has 9 heteroatoms. The topological polar surface area (TPSA) is 58.1 Å². The molecule has 0 fully saturated rings. The lowest BCUT2D eigenvalue weighted by Gasteiger charge is -2.19. The van der Waals surface area contributed by atoms with Crippen LogP contribution in [0.15, 0.2) is 23.2 Å². The Bertz CT molecular complexity index is 605. The van der Waals surface area contributed by atoms with Gasteiger partial charge in [-0.1, -0.05) is 19.9 Å². The summed E-state index contributed by atoms with van der Waals surface area (Å²) in [5.41, 5.74) is 0.895. The fraction of sp³-hybridized carbons (Fsp3) is 0.632. The van der Waals surface area contributed by atoms with Crippen LogP contribution in [0.5, 0.6) is 11.5 Å². The zero-order valence-electron chi connectivity index (χ0n) is 17.0. The van der Waals surface area contributed by atoms with Crippen LogP contribution in [-0.4, -0.2) is 64.0 Å². The monoisotopic (exact) mass is 404 g/mol. The maximum atomic E-state index is 12.2. The molecule has 0 saturated carbocycles. The number of benzene rings is 1. The highest BCUT2D eigenvalue weighted by molar-refractivity contribution is 5.79. The van der Waals surface area contributed by atoms with E-state index in [9.17, 15) is 13.2 Å². The van der Waals surface area contributed by atoms with E-state index in [1.165, 1.54) is 7.05 Å². The van der Waals surface area contributed by atoms with Gasteiger partial charge in [-0.05, 0) is 30.8 Å². The lowest BCUT2D eigenvalue weighted by atomic mass is 10.2. The molecule has 6 nitrogen and oxygen atoms in total. The fourth-order valence-corrected chi connectivity index (χ4v) is 2.49. The Morgan fingerprint density at radius 1 is 1.14 bits per heavy atom. The minimum Gasteiger partial charge on any atom is -0.493 e. The first-order valence-electron chi connectivity index (χ1n) is 9.36. The lowest BCUT2D eigenvalue weighted by Crippen LogP contribution is -2.38.